The number of H-pyrrole nitrogens is 2. The molecule has 1 aromatic heterocycles. The van der Waals surface area contributed by atoms with Crippen molar-refractivity contribution in [3.8, 4) is 0 Å². The molecule has 0 bridgehead atoms. The molecule has 7 nitrogen and oxygen atoms in total. The largest absolute Gasteiger partial charge is 0.356 e. The molecule has 1 heterocycles. The Hall–Kier alpha value is 0.280. The average molecular weight is 304 g/mol. The first-order valence-corrected chi connectivity index (χ1v) is 8.25. The Morgan fingerprint density at radius 1 is 1.50 bits per heavy atom. The van der Waals surface area contributed by atoms with Gasteiger partial charge in [0.15, 0.2) is 6.29 Å². The first-order chi connectivity index (χ1) is 7.83. The van der Waals surface area contributed by atoms with Gasteiger partial charge in [0.1, 0.15) is 8.51 Å². The molecule has 0 aliphatic heterocycles. The van der Waals surface area contributed by atoms with Crippen LogP contribution in [0.3, 0.4) is 0 Å². The number of nitrogens with one attached hydrogen (secondary N) is 2. The van der Waals surface area contributed by atoms with Gasteiger partial charge in [-0.3, -0.25) is 4.84 Å². The monoisotopic (exact) mass is 304 g/mol. The molecule has 0 aliphatic carbocycles. The number of methoxy groups -OCH3 is 1. The summed E-state index contributed by atoms with van der Waals surface area (Å²) >= 11 is 0. The summed E-state index contributed by atoms with van der Waals surface area (Å²) < 4.78 is 22.6. The van der Waals surface area contributed by atoms with Crippen LogP contribution >= 0.6 is 34.0 Å². The van der Waals surface area contributed by atoms with Crippen molar-refractivity contribution in [2.45, 2.75) is 13.2 Å². The van der Waals surface area contributed by atoms with Gasteiger partial charge in [-0.25, -0.2) is 0 Å². The molecule has 94 valence electrons. The molecule has 0 amide bonds. The smallest absolute Gasteiger partial charge is 0.154 e. The number of aromatic amines is 2. The van der Waals surface area contributed by atoms with E-state index in [4.69, 9.17) is 14.3 Å². The molecule has 4 unspecified atom stereocenters. The lowest BCUT2D eigenvalue weighted by Crippen LogP contribution is -2.18. The highest BCUT2D eigenvalue weighted by Gasteiger charge is 1.97. The van der Waals surface area contributed by atoms with Crippen molar-refractivity contribution in [2.24, 2.45) is 0 Å². The number of ether oxygens (including phenoxy) is 2. The minimum atomic E-state index is -0.187. The molecule has 0 saturated heterocycles. The Morgan fingerprint density at radius 2 is 2.38 bits per heavy atom. The summed E-state index contributed by atoms with van der Waals surface area (Å²) in [6.07, 6.45) is -0.187. The number of hydrogen-bond donors (Lipinski definition) is 2. The second-order valence-corrected chi connectivity index (χ2v) is 7.40. The van der Waals surface area contributed by atoms with Crippen molar-refractivity contribution in [1.82, 2.24) is 17.8 Å². The van der Waals surface area contributed by atoms with Crippen LogP contribution in [-0.4, -0.2) is 44.4 Å². The molecular formula is C5H16N4O3P4. The van der Waals surface area contributed by atoms with Crippen molar-refractivity contribution in [3.05, 3.63) is 0 Å². The minimum absolute atomic E-state index is 0.187. The second-order valence-electron chi connectivity index (χ2n) is 2.58. The maximum Gasteiger partial charge on any atom is 0.154 e. The van der Waals surface area contributed by atoms with Crippen molar-refractivity contribution in [3.63, 3.8) is 0 Å². The van der Waals surface area contributed by atoms with Gasteiger partial charge in [0.05, 0.1) is 21.7 Å². The molecule has 1 aromatic rings. The number of nitrogens with zero attached hydrogens (tertiary/aromatic N) is 2. The van der Waals surface area contributed by atoms with E-state index >= 15 is 0 Å². The van der Waals surface area contributed by atoms with Crippen molar-refractivity contribution < 1.29 is 14.3 Å². The first-order valence-electron chi connectivity index (χ1n) is 4.56. The van der Waals surface area contributed by atoms with Crippen LogP contribution in [0.25, 0.3) is 0 Å². The van der Waals surface area contributed by atoms with Gasteiger partial charge in [0.2, 0.25) is 0 Å². The quantitative estimate of drug-likeness (QED) is 0.621. The lowest BCUT2D eigenvalue weighted by atomic mass is 10.7. The lowest BCUT2D eigenvalue weighted by molar-refractivity contribution is -0.120. The summed E-state index contributed by atoms with van der Waals surface area (Å²) in [4.78, 5) is 5.51. The third kappa shape index (κ3) is 6.78. The number of hydrogen-bond acceptors (Lipinski definition) is 4. The summed E-state index contributed by atoms with van der Waals surface area (Å²) in [7, 11) is 3.77. The Bertz CT molecular complexity index is 314. The average Bonchev–Trinajstić information content (AvgIpc) is 2.26. The molecule has 0 aliphatic rings. The molecule has 0 saturated carbocycles. The Morgan fingerprint density at radius 3 is 3.19 bits per heavy atom. The van der Waals surface area contributed by atoms with Crippen LogP contribution in [0, 0.1) is 0 Å². The van der Waals surface area contributed by atoms with Gasteiger partial charge in [-0.05, 0) is 6.92 Å². The maximum absolute atomic E-state index is 5.51. The minimum Gasteiger partial charge on any atom is -0.356 e. The van der Waals surface area contributed by atoms with Crippen LogP contribution in [0.5, 0.6) is 0 Å². The molecule has 0 fully saturated rings. The van der Waals surface area contributed by atoms with E-state index in [1.165, 1.54) is 0 Å². The zero-order valence-electron chi connectivity index (χ0n) is 9.06. The standard InChI is InChI=1S/C5H16N4O3P4/c1-5(10-2)11-3-4-12-9-15-7-13-6-14-8-16-9/h5,7,13,15-16H,3-4H2,1-2H3,(H,6,8). The van der Waals surface area contributed by atoms with Crippen molar-refractivity contribution in [2.75, 3.05) is 20.3 Å². The zero-order chi connectivity index (χ0) is 11.6. The van der Waals surface area contributed by atoms with Gasteiger partial charge in [0.25, 0.3) is 0 Å². The molecule has 0 radical (unpaired) electrons. The molecule has 0 aromatic carbocycles. The fourth-order valence-corrected chi connectivity index (χ4v) is 4.84. The molecule has 1 rings (SSSR count). The second kappa shape index (κ2) is 9.32. The van der Waals surface area contributed by atoms with E-state index in [1.54, 1.807) is 7.11 Å². The van der Waals surface area contributed by atoms with Gasteiger partial charge < -0.3 is 18.5 Å². The molecule has 16 heavy (non-hydrogen) atoms. The molecule has 4 atom stereocenters. The van der Waals surface area contributed by atoms with E-state index < -0.39 is 0 Å². The van der Waals surface area contributed by atoms with Crippen LogP contribution in [0.4, 0.5) is 0 Å². The van der Waals surface area contributed by atoms with E-state index in [2.05, 4.69) is 13.5 Å². The summed E-state index contributed by atoms with van der Waals surface area (Å²) in [5.41, 5.74) is 0. The summed E-state index contributed by atoms with van der Waals surface area (Å²) in [6, 6.07) is 0. The Balaban J connectivity index is 2.29. The highest BCUT2D eigenvalue weighted by Crippen LogP contribution is 2.08. The Labute approximate surface area is 100 Å². The van der Waals surface area contributed by atoms with Gasteiger partial charge in [-0.2, -0.15) is 8.76 Å². The normalized spacial score (nSPS) is 14.1. The lowest BCUT2D eigenvalue weighted by Gasteiger charge is -2.10. The molecule has 2 N–H and O–H groups in total. The fraction of sp³-hybridized carbons (Fsp3) is 1.00. The highest BCUT2D eigenvalue weighted by atomic mass is 31.1. The third-order valence-corrected chi connectivity index (χ3v) is 5.33. The SMILES string of the molecule is COC(C)OCCOn1[pH]np[nH][pH][nH][pH]1. The Kier molecular flexibility index (Phi) is 8.36. The fourth-order valence-electron chi connectivity index (χ4n) is 0.716. The molecular weight excluding hydrogens is 288 g/mol. The summed E-state index contributed by atoms with van der Waals surface area (Å²) in [6.45, 7) is 2.87. The van der Waals surface area contributed by atoms with Crippen LogP contribution < -0.4 is 4.84 Å². The third-order valence-electron chi connectivity index (χ3n) is 1.50. The maximum atomic E-state index is 5.51. The van der Waals surface area contributed by atoms with Gasteiger partial charge >= 0.3 is 0 Å². The van der Waals surface area contributed by atoms with E-state index in [-0.39, 0.29) is 6.29 Å². The topological polar surface area (TPSA) is 77.1 Å². The number of rotatable bonds is 6. The predicted molar refractivity (Wildman–Crippen MR) is 71.1 cm³/mol. The number of aromatic nitrogens is 4. The summed E-state index contributed by atoms with van der Waals surface area (Å²) in [5.74, 6) is 0. The van der Waals surface area contributed by atoms with E-state index in [1.807, 2.05) is 11.2 Å². The van der Waals surface area contributed by atoms with Crippen molar-refractivity contribution in [1.29, 1.82) is 0 Å². The molecule has 11 heteroatoms. The zero-order valence-corrected chi connectivity index (χ0v) is 13.0. The highest BCUT2D eigenvalue weighted by molar-refractivity contribution is 7.44. The van der Waals surface area contributed by atoms with Crippen molar-refractivity contribution >= 4 is 34.0 Å². The van der Waals surface area contributed by atoms with Gasteiger partial charge in [0, 0.05) is 24.1 Å². The van der Waals surface area contributed by atoms with E-state index in [0.29, 0.717) is 38.7 Å². The van der Waals surface area contributed by atoms with E-state index in [9.17, 15) is 0 Å². The van der Waals surface area contributed by atoms with Crippen LogP contribution in [0.1, 0.15) is 6.92 Å². The predicted octanol–water partition coefficient (Wildman–Crippen LogP) is 1.90. The van der Waals surface area contributed by atoms with Gasteiger partial charge in [-0.15, -0.1) is 0 Å². The summed E-state index contributed by atoms with van der Waals surface area (Å²) in [5, 5.41) is 0. The van der Waals surface area contributed by atoms with Crippen LogP contribution in [0.2, 0.25) is 0 Å². The van der Waals surface area contributed by atoms with E-state index in [0.717, 1.165) is 8.51 Å². The van der Waals surface area contributed by atoms with Crippen LogP contribution in [-0.2, 0) is 9.47 Å². The van der Waals surface area contributed by atoms with Crippen LogP contribution in [0.15, 0.2) is 0 Å². The van der Waals surface area contributed by atoms with Gasteiger partial charge in [-0.1, -0.05) is 0 Å². The molecule has 0 spiro atoms. The first kappa shape index (κ1) is 14.3.